The van der Waals surface area contributed by atoms with Crippen LogP contribution >= 0.6 is 0 Å². The van der Waals surface area contributed by atoms with Crippen LogP contribution in [0, 0.1) is 0 Å². The van der Waals surface area contributed by atoms with Gasteiger partial charge < -0.3 is 18.6 Å². The molecule has 0 aliphatic carbocycles. The van der Waals surface area contributed by atoms with Crippen LogP contribution in [0.25, 0.3) is 0 Å². The number of hydrogen-bond acceptors (Lipinski definition) is 5. The van der Waals surface area contributed by atoms with E-state index < -0.39 is 22.3 Å². The number of benzene rings is 1. The van der Waals surface area contributed by atoms with Crippen molar-refractivity contribution >= 4 is 28.0 Å². The highest BCUT2D eigenvalue weighted by Gasteiger charge is 2.04. The van der Waals surface area contributed by atoms with E-state index in [4.69, 9.17) is 4.74 Å². The molecule has 0 aliphatic heterocycles. The van der Waals surface area contributed by atoms with Gasteiger partial charge in [0.25, 0.3) is 0 Å². The van der Waals surface area contributed by atoms with Crippen LogP contribution in [0.4, 0.5) is 5.69 Å². The second kappa shape index (κ2) is 5.21. The number of methoxy groups -OCH3 is 1. The normalized spacial score (nSPS) is 14.3. The Hall–Kier alpha value is -0.960. The molecule has 84 valence electrons. The van der Waals surface area contributed by atoms with Gasteiger partial charge in [0.05, 0.1) is 12.0 Å². The van der Waals surface area contributed by atoms with E-state index in [0.29, 0.717) is 0 Å². The minimum absolute atomic E-state index is 0.104. The topological polar surface area (TPSA) is 102 Å². The maximum Gasteiger partial charge on any atom is 0.133 e. The van der Waals surface area contributed by atoms with Gasteiger partial charge in [-0.25, -0.2) is 0 Å². The van der Waals surface area contributed by atoms with E-state index in [1.165, 1.54) is 19.2 Å². The number of ether oxygens (including phenoxy) is 1. The first-order valence-corrected chi connectivity index (χ1v) is 5.83. The lowest BCUT2D eigenvalue weighted by Gasteiger charge is -2.14. The van der Waals surface area contributed by atoms with Crippen molar-refractivity contribution in [3.05, 3.63) is 18.2 Å². The highest BCUT2D eigenvalue weighted by molar-refractivity contribution is 7.80. The fourth-order valence-corrected chi connectivity index (χ4v) is 1.82. The molecule has 1 rings (SSSR count). The Bertz CT molecular complexity index is 408. The van der Waals surface area contributed by atoms with Gasteiger partial charge >= 0.3 is 0 Å². The quantitative estimate of drug-likeness (QED) is 0.765. The lowest BCUT2D eigenvalue weighted by molar-refractivity contribution is 0.401. The molecule has 2 unspecified atom stereocenters. The maximum atomic E-state index is 10.8. The smallest absolute Gasteiger partial charge is 0.133 e. The zero-order valence-corrected chi connectivity index (χ0v) is 9.22. The first kappa shape index (κ1) is 12.1. The molecule has 6 nitrogen and oxygen atoms in total. The summed E-state index contributed by atoms with van der Waals surface area (Å²) in [6, 6.07) is 3.92. The van der Waals surface area contributed by atoms with Crippen LogP contribution in [-0.2, 0) is 22.3 Å². The van der Waals surface area contributed by atoms with Crippen molar-refractivity contribution in [3.8, 4) is 5.75 Å². The van der Waals surface area contributed by atoms with Crippen molar-refractivity contribution in [2.24, 2.45) is 0 Å². The summed E-state index contributed by atoms with van der Waals surface area (Å²) >= 11 is -4.97. The molecule has 0 saturated carbocycles. The van der Waals surface area contributed by atoms with Gasteiger partial charge in [0, 0.05) is 17.0 Å². The third-order valence-corrected chi connectivity index (χ3v) is 2.62. The second-order valence-corrected chi connectivity index (χ2v) is 4.02. The fourth-order valence-electron chi connectivity index (χ4n) is 0.967. The molecule has 1 aromatic rings. The van der Waals surface area contributed by atoms with Gasteiger partial charge in [-0.15, -0.1) is 0 Å². The molecule has 8 heteroatoms. The average molecular weight is 249 g/mol. The van der Waals surface area contributed by atoms with E-state index in [1.807, 2.05) is 4.72 Å². The van der Waals surface area contributed by atoms with Gasteiger partial charge in [-0.1, -0.05) is 0 Å². The van der Waals surface area contributed by atoms with Crippen LogP contribution in [0.1, 0.15) is 0 Å². The predicted octanol–water partition coefficient (Wildman–Crippen LogP) is 0.139. The van der Waals surface area contributed by atoms with E-state index in [-0.39, 0.29) is 16.3 Å². The summed E-state index contributed by atoms with van der Waals surface area (Å²) in [7, 11) is 1.32. The summed E-state index contributed by atoms with van der Waals surface area (Å²) in [6.07, 6.45) is 0. The molecule has 0 heterocycles. The number of rotatable bonds is 4. The van der Waals surface area contributed by atoms with Gasteiger partial charge in [0.1, 0.15) is 5.75 Å². The predicted molar refractivity (Wildman–Crippen MR) is 52.7 cm³/mol. The lowest BCUT2D eigenvalue weighted by atomic mass is 10.3. The molecule has 0 aliphatic rings. The van der Waals surface area contributed by atoms with E-state index in [0.717, 1.165) is 6.07 Å². The summed E-state index contributed by atoms with van der Waals surface area (Å²) < 4.78 is 49.0. The standard InChI is InChI=1S/C7H9NO5S2/c1-13-6-3-2-5(8-15(11)12)4-7(6)14(9)10/h2-4,8H,1H3,(H,9,10)(H,11,12)/p-2. The molecule has 0 aromatic heterocycles. The van der Waals surface area contributed by atoms with Gasteiger partial charge in [-0.2, -0.15) is 0 Å². The van der Waals surface area contributed by atoms with Crippen LogP contribution < -0.4 is 9.46 Å². The number of nitrogens with one attached hydrogen (secondary N) is 1. The Morgan fingerprint density at radius 1 is 1.33 bits per heavy atom. The van der Waals surface area contributed by atoms with E-state index in [2.05, 4.69) is 0 Å². The first-order chi connectivity index (χ1) is 7.04. The van der Waals surface area contributed by atoms with Gasteiger partial charge in [-0.3, -0.25) is 8.42 Å². The van der Waals surface area contributed by atoms with Crippen molar-refractivity contribution in [1.29, 1.82) is 0 Å². The lowest BCUT2D eigenvalue weighted by Crippen LogP contribution is -2.03. The maximum absolute atomic E-state index is 10.8. The molecule has 15 heavy (non-hydrogen) atoms. The summed E-state index contributed by atoms with van der Waals surface area (Å²) in [5.41, 5.74) is 0.156. The summed E-state index contributed by atoms with van der Waals surface area (Å²) in [5, 5.41) is 0. The van der Waals surface area contributed by atoms with Crippen molar-refractivity contribution in [2.75, 3.05) is 11.8 Å². The molecule has 2 atom stereocenters. The van der Waals surface area contributed by atoms with Crippen LogP contribution in [0.3, 0.4) is 0 Å². The minimum atomic E-state index is -2.49. The zero-order chi connectivity index (χ0) is 11.4. The van der Waals surface area contributed by atoms with Crippen molar-refractivity contribution in [2.45, 2.75) is 4.90 Å². The molecule has 0 spiro atoms. The Labute approximate surface area is 91.4 Å². The Morgan fingerprint density at radius 2 is 2.00 bits per heavy atom. The average Bonchev–Trinajstić information content (AvgIpc) is 2.16. The summed E-state index contributed by atoms with van der Waals surface area (Å²) in [4.78, 5) is -0.104. The third kappa shape index (κ3) is 3.27. The molecular weight excluding hydrogens is 242 g/mol. The number of hydrogen-bond donors (Lipinski definition) is 1. The van der Waals surface area contributed by atoms with Gasteiger partial charge in [0.2, 0.25) is 0 Å². The zero-order valence-electron chi connectivity index (χ0n) is 7.59. The Balaban J connectivity index is 3.10. The largest absolute Gasteiger partial charge is 0.768 e. The van der Waals surface area contributed by atoms with Crippen LogP contribution in [-0.4, -0.2) is 24.6 Å². The molecule has 1 aromatic carbocycles. The summed E-state index contributed by atoms with van der Waals surface area (Å²) in [5.74, 6) is 0.158. The molecular formula is C7H7NO5S2-2. The molecule has 0 amide bonds. The van der Waals surface area contributed by atoms with Crippen LogP contribution in [0.2, 0.25) is 0 Å². The Kier molecular flexibility index (Phi) is 4.21. The molecule has 0 bridgehead atoms. The first-order valence-electron chi connectivity index (χ1n) is 3.68. The van der Waals surface area contributed by atoms with Crippen molar-refractivity contribution in [1.82, 2.24) is 0 Å². The van der Waals surface area contributed by atoms with Crippen LogP contribution in [0.5, 0.6) is 5.75 Å². The second-order valence-electron chi connectivity index (χ2n) is 2.44. The Morgan fingerprint density at radius 3 is 2.47 bits per heavy atom. The molecule has 0 fully saturated rings. The SMILES string of the molecule is COc1ccc(NS(=O)[O-])cc1S(=O)[O-]. The molecule has 0 radical (unpaired) electrons. The fraction of sp³-hybridized carbons (Fsp3) is 0.143. The van der Waals surface area contributed by atoms with E-state index >= 15 is 0 Å². The molecule has 1 N–H and O–H groups in total. The van der Waals surface area contributed by atoms with Gasteiger partial charge in [-0.05, 0) is 29.3 Å². The van der Waals surface area contributed by atoms with Crippen LogP contribution in [0.15, 0.2) is 23.1 Å². The molecule has 0 saturated heterocycles. The highest BCUT2D eigenvalue weighted by atomic mass is 32.2. The van der Waals surface area contributed by atoms with Gasteiger partial charge in [0.15, 0.2) is 0 Å². The minimum Gasteiger partial charge on any atom is -0.768 e. The van der Waals surface area contributed by atoms with E-state index in [1.54, 1.807) is 0 Å². The monoisotopic (exact) mass is 249 g/mol. The number of anilines is 1. The van der Waals surface area contributed by atoms with E-state index in [9.17, 15) is 17.5 Å². The van der Waals surface area contributed by atoms with Crippen molar-refractivity contribution < 1.29 is 22.3 Å². The third-order valence-electron chi connectivity index (χ3n) is 1.54. The summed E-state index contributed by atoms with van der Waals surface area (Å²) in [6.45, 7) is 0. The van der Waals surface area contributed by atoms with Crippen molar-refractivity contribution in [3.63, 3.8) is 0 Å². The highest BCUT2D eigenvalue weighted by Crippen LogP contribution is 2.25.